The molecule has 0 radical (unpaired) electrons. The van der Waals surface area contributed by atoms with Gasteiger partial charge in [0.15, 0.2) is 5.96 Å². The van der Waals surface area contributed by atoms with Gasteiger partial charge in [-0.25, -0.2) is 4.98 Å². The lowest BCUT2D eigenvalue weighted by molar-refractivity contribution is 0.0646. The molecule has 148 valence electrons. The first-order chi connectivity index (χ1) is 12.9. The van der Waals surface area contributed by atoms with Crippen LogP contribution in [0.5, 0.6) is 0 Å². The van der Waals surface area contributed by atoms with Gasteiger partial charge in [-0.05, 0) is 18.9 Å². The minimum atomic E-state index is 0.0970. The van der Waals surface area contributed by atoms with Gasteiger partial charge in [0.05, 0.1) is 23.4 Å². The third kappa shape index (κ3) is 7.31. The highest BCUT2D eigenvalue weighted by Crippen LogP contribution is 2.25. The molecule has 2 aromatic rings. The first-order valence-electron chi connectivity index (χ1n) is 9.46. The Labute approximate surface area is 167 Å². The van der Waals surface area contributed by atoms with Crippen LogP contribution in [0.25, 0.3) is 0 Å². The predicted molar refractivity (Wildman–Crippen MR) is 114 cm³/mol. The van der Waals surface area contributed by atoms with Gasteiger partial charge in [0.2, 0.25) is 0 Å². The minimum Gasteiger partial charge on any atom is -0.374 e. The monoisotopic (exact) mass is 388 g/mol. The summed E-state index contributed by atoms with van der Waals surface area (Å²) < 4.78 is 5.90. The predicted octanol–water partition coefficient (Wildman–Crippen LogP) is 4.27. The van der Waals surface area contributed by atoms with Crippen molar-refractivity contribution >= 4 is 17.3 Å². The molecule has 0 aliphatic rings. The van der Waals surface area contributed by atoms with Crippen molar-refractivity contribution in [1.82, 2.24) is 15.6 Å². The molecule has 5 nitrogen and oxygen atoms in total. The van der Waals surface area contributed by atoms with Crippen LogP contribution in [0.3, 0.4) is 0 Å². The van der Waals surface area contributed by atoms with Crippen LogP contribution in [0.1, 0.15) is 56.5 Å². The van der Waals surface area contributed by atoms with E-state index in [1.54, 1.807) is 18.4 Å². The molecule has 1 aromatic carbocycles. The highest BCUT2D eigenvalue weighted by molar-refractivity contribution is 7.09. The summed E-state index contributed by atoms with van der Waals surface area (Å²) in [6.45, 7) is 10.8. The summed E-state index contributed by atoms with van der Waals surface area (Å²) >= 11 is 1.71. The molecule has 0 amide bonds. The highest BCUT2D eigenvalue weighted by atomic mass is 32.1. The minimum absolute atomic E-state index is 0.0970. The highest BCUT2D eigenvalue weighted by Gasteiger charge is 2.17. The Morgan fingerprint density at radius 2 is 1.96 bits per heavy atom. The quantitative estimate of drug-likeness (QED) is 0.403. The van der Waals surface area contributed by atoms with Crippen LogP contribution in [0.15, 0.2) is 40.7 Å². The Balaban J connectivity index is 1.65. The molecule has 2 N–H and O–H groups in total. The lowest BCUT2D eigenvalue weighted by Crippen LogP contribution is -2.37. The van der Waals surface area contributed by atoms with E-state index in [0.29, 0.717) is 13.2 Å². The van der Waals surface area contributed by atoms with Gasteiger partial charge < -0.3 is 15.4 Å². The molecule has 1 aromatic heterocycles. The zero-order valence-corrected chi connectivity index (χ0v) is 17.9. The second-order valence-corrected chi connectivity index (χ2v) is 8.38. The molecule has 0 aliphatic heterocycles. The maximum atomic E-state index is 5.90. The first kappa shape index (κ1) is 21.4. The summed E-state index contributed by atoms with van der Waals surface area (Å²) in [4.78, 5) is 8.97. The second kappa shape index (κ2) is 10.4. The number of aliphatic imine (C=N–C) groups is 1. The first-order valence-corrected chi connectivity index (χ1v) is 10.3. The van der Waals surface area contributed by atoms with Crippen LogP contribution < -0.4 is 10.6 Å². The van der Waals surface area contributed by atoms with Gasteiger partial charge in [0, 0.05) is 31.0 Å². The number of hydrogen-bond donors (Lipinski definition) is 2. The molecule has 6 heteroatoms. The van der Waals surface area contributed by atoms with Crippen molar-refractivity contribution in [3.05, 3.63) is 52.0 Å². The van der Waals surface area contributed by atoms with E-state index in [9.17, 15) is 0 Å². The van der Waals surface area contributed by atoms with Gasteiger partial charge in [-0.2, -0.15) is 0 Å². The van der Waals surface area contributed by atoms with Crippen LogP contribution in [0, 0.1) is 0 Å². The molecular formula is C21H32N4OS. The van der Waals surface area contributed by atoms with E-state index >= 15 is 0 Å². The average Bonchev–Trinajstić information content (AvgIpc) is 3.14. The molecule has 0 spiro atoms. The van der Waals surface area contributed by atoms with E-state index in [-0.39, 0.29) is 11.5 Å². The average molecular weight is 389 g/mol. The number of nitrogens with zero attached hydrogens (tertiary/aromatic N) is 2. The standard InChI is InChI=1S/C21H32N4OS/c1-16(17-10-7-6-8-11-17)26-13-9-12-23-20(22-5)24-14-18-15-27-19(25-18)21(2,3)4/h6-8,10-11,15-16H,9,12-14H2,1-5H3,(H2,22,23,24). The van der Waals surface area contributed by atoms with Crippen LogP contribution in [-0.2, 0) is 16.7 Å². The van der Waals surface area contributed by atoms with Crippen molar-refractivity contribution < 1.29 is 4.74 Å². The molecule has 0 saturated heterocycles. The Morgan fingerprint density at radius 3 is 2.59 bits per heavy atom. The van der Waals surface area contributed by atoms with Gasteiger partial charge in [-0.15, -0.1) is 11.3 Å². The van der Waals surface area contributed by atoms with Crippen LogP contribution in [-0.4, -0.2) is 31.1 Å². The van der Waals surface area contributed by atoms with E-state index in [2.05, 4.69) is 60.8 Å². The summed E-state index contributed by atoms with van der Waals surface area (Å²) in [5, 5.41) is 9.91. The smallest absolute Gasteiger partial charge is 0.191 e. The molecular weight excluding hydrogens is 356 g/mol. The molecule has 2 rings (SSSR count). The van der Waals surface area contributed by atoms with Gasteiger partial charge in [-0.3, -0.25) is 4.99 Å². The number of hydrogen-bond acceptors (Lipinski definition) is 4. The largest absolute Gasteiger partial charge is 0.374 e. The number of ether oxygens (including phenoxy) is 1. The lowest BCUT2D eigenvalue weighted by Gasteiger charge is -2.15. The SMILES string of the molecule is CN=C(NCCCOC(C)c1ccccc1)NCc1csc(C(C)(C)C)n1. The number of aromatic nitrogens is 1. The molecule has 0 saturated carbocycles. The fraction of sp³-hybridized carbons (Fsp3) is 0.524. The van der Waals surface area contributed by atoms with Gasteiger partial charge in [0.1, 0.15) is 0 Å². The normalized spacial score (nSPS) is 13.4. The zero-order chi connectivity index (χ0) is 19.7. The molecule has 0 bridgehead atoms. The third-order valence-corrected chi connectivity index (χ3v) is 5.42. The molecule has 27 heavy (non-hydrogen) atoms. The topological polar surface area (TPSA) is 58.5 Å². The van der Waals surface area contributed by atoms with Crippen molar-refractivity contribution in [2.45, 2.75) is 52.2 Å². The second-order valence-electron chi connectivity index (χ2n) is 7.52. The van der Waals surface area contributed by atoms with Gasteiger partial charge >= 0.3 is 0 Å². The number of benzene rings is 1. The number of nitrogens with one attached hydrogen (secondary N) is 2. The molecule has 1 unspecified atom stereocenters. The molecule has 1 atom stereocenters. The Bertz CT molecular complexity index is 706. The van der Waals surface area contributed by atoms with Crippen LogP contribution in [0.2, 0.25) is 0 Å². The van der Waals surface area contributed by atoms with Crippen LogP contribution in [0.4, 0.5) is 0 Å². The number of rotatable bonds is 8. The maximum Gasteiger partial charge on any atom is 0.191 e. The van der Waals surface area contributed by atoms with E-state index in [4.69, 9.17) is 9.72 Å². The van der Waals surface area contributed by atoms with Crippen molar-refractivity contribution in [3.8, 4) is 0 Å². The summed E-state index contributed by atoms with van der Waals surface area (Å²) in [6.07, 6.45) is 1.04. The van der Waals surface area contributed by atoms with Crippen molar-refractivity contribution in [3.63, 3.8) is 0 Å². The molecule has 1 heterocycles. The molecule has 0 fully saturated rings. The Kier molecular flexibility index (Phi) is 8.25. The fourth-order valence-corrected chi connectivity index (χ4v) is 3.39. The summed E-state index contributed by atoms with van der Waals surface area (Å²) in [7, 11) is 1.78. The Morgan fingerprint density at radius 1 is 1.22 bits per heavy atom. The summed E-state index contributed by atoms with van der Waals surface area (Å²) in [5.74, 6) is 0.788. The summed E-state index contributed by atoms with van der Waals surface area (Å²) in [5.41, 5.74) is 2.36. The van der Waals surface area contributed by atoms with E-state index < -0.39 is 0 Å². The Hall–Kier alpha value is -1.92. The van der Waals surface area contributed by atoms with E-state index in [0.717, 1.165) is 29.6 Å². The third-order valence-electron chi connectivity index (χ3n) is 4.10. The fourth-order valence-electron chi connectivity index (χ4n) is 2.49. The number of guanidine groups is 1. The van der Waals surface area contributed by atoms with E-state index in [1.165, 1.54) is 5.56 Å². The number of thiazole rings is 1. The van der Waals surface area contributed by atoms with Gasteiger partial charge in [-0.1, -0.05) is 51.1 Å². The summed E-state index contributed by atoms with van der Waals surface area (Å²) in [6, 6.07) is 10.3. The van der Waals surface area contributed by atoms with Crippen molar-refractivity contribution in [1.29, 1.82) is 0 Å². The van der Waals surface area contributed by atoms with Gasteiger partial charge in [0.25, 0.3) is 0 Å². The lowest BCUT2D eigenvalue weighted by atomic mass is 9.98. The van der Waals surface area contributed by atoms with Crippen LogP contribution >= 0.6 is 11.3 Å². The van der Waals surface area contributed by atoms with Crippen molar-refractivity contribution in [2.24, 2.45) is 4.99 Å². The van der Waals surface area contributed by atoms with Crippen molar-refractivity contribution in [2.75, 3.05) is 20.2 Å². The molecule has 0 aliphatic carbocycles. The zero-order valence-electron chi connectivity index (χ0n) is 17.1. The maximum absolute atomic E-state index is 5.90. The van der Waals surface area contributed by atoms with E-state index in [1.807, 2.05) is 18.2 Å².